The molecule has 7 heteroatoms. The normalized spacial score (nSPS) is 17.6. The fourth-order valence-corrected chi connectivity index (χ4v) is 4.95. The summed E-state index contributed by atoms with van der Waals surface area (Å²) in [4.78, 5) is 14.9. The Balaban J connectivity index is 1.55. The van der Waals surface area contributed by atoms with Crippen LogP contribution in [0.4, 0.5) is 5.69 Å². The van der Waals surface area contributed by atoms with E-state index < -0.39 is 5.91 Å². The van der Waals surface area contributed by atoms with Gasteiger partial charge < -0.3 is 14.1 Å². The molecule has 1 aromatic heterocycles. The van der Waals surface area contributed by atoms with Gasteiger partial charge in [-0.25, -0.2) is 5.43 Å². The quantitative estimate of drug-likeness (QED) is 0.381. The molecule has 1 N–H and O–H groups in total. The molecule has 0 aliphatic carbocycles. The highest BCUT2D eigenvalue weighted by Gasteiger charge is 2.35. The summed E-state index contributed by atoms with van der Waals surface area (Å²) < 4.78 is 10.9. The fourth-order valence-electron chi connectivity index (χ4n) is 4.74. The number of hydrogen-bond acceptors (Lipinski definition) is 5. The lowest BCUT2D eigenvalue weighted by atomic mass is 9.79. The summed E-state index contributed by atoms with van der Waals surface area (Å²) in [7, 11) is 1.56. The fraction of sp³-hybridized carbons (Fsp3) is 0.360. The van der Waals surface area contributed by atoms with Crippen LogP contribution in [0.15, 0.2) is 45.9 Å². The van der Waals surface area contributed by atoms with Crippen molar-refractivity contribution in [1.82, 2.24) is 5.43 Å². The topological polar surface area (TPSA) is 67.1 Å². The molecule has 2 heterocycles. The van der Waals surface area contributed by atoms with E-state index in [1.807, 2.05) is 18.2 Å². The van der Waals surface area contributed by atoms with Crippen LogP contribution in [-0.2, 0) is 0 Å². The number of methoxy groups -OCH3 is 1. The number of anilines is 1. The van der Waals surface area contributed by atoms with Gasteiger partial charge in [-0.15, -0.1) is 0 Å². The molecule has 0 saturated carbocycles. The Bertz CT molecular complexity index is 1200. The number of nitrogens with one attached hydrogen (secondary N) is 1. The molecule has 1 aliphatic heterocycles. The minimum Gasteiger partial charge on any atom is -0.493 e. The van der Waals surface area contributed by atoms with Crippen LogP contribution >= 0.6 is 11.6 Å². The minimum absolute atomic E-state index is 0.0728. The van der Waals surface area contributed by atoms with Gasteiger partial charge in [0.25, 0.3) is 0 Å². The van der Waals surface area contributed by atoms with Crippen molar-refractivity contribution in [1.29, 1.82) is 0 Å². The number of furan rings is 1. The predicted molar refractivity (Wildman–Crippen MR) is 129 cm³/mol. The van der Waals surface area contributed by atoms with Crippen molar-refractivity contribution >= 4 is 40.4 Å². The first-order valence-corrected chi connectivity index (χ1v) is 11.1. The molecule has 0 spiro atoms. The number of rotatable bonds is 5. The lowest BCUT2D eigenvalue weighted by Crippen LogP contribution is -2.48. The standard InChI is InChI=1S/C25H28ClN3O3/c1-6-29-20-12-19(26)17(10-18(20)15(2)13-25(29,3)4)14-27-28-24(30)22-11-16-8-7-9-21(31-5)23(16)32-22/h7-12,14-15H,6,13H2,1-5H3,(H,28,30)/b27-14-. The highest BCUT2D eigenvalue weighted by molar-refractivity contribution is 6.33. The van der Waals surface area contributed by atoms with E-state index in [0.717, 1.165) is 23.9 Å². The molecule has 0 bridgehead atoms. The highest BCUT2D eigenvalue weighted by atomic mass is 35.5. The van der Waals surface area contributed by atoms with Crippen LogP contribution in [0, 0.1) is 0 Å². The van der Waals surface area contributed by atoms with Crippen molar-refractivity contribution in [3.05, 3.63) is 58.3 Å². The molecule has 1 unspecified atom stereocenters. The number of ether oxygens (including phenoxy) is 1. The van der Waals surface area contributed by atoms with Gasteiger partial charge in [-0.3, -0.25) is 4.79 Å². The van der Waals surface area contributed by atoms with Crippen molar-refractivity contribution in [2.45, 2.75) is 45.6 Å². The van der Waals surface area contributed by atoms with Crippen molar-refractivity contribution in [2.24, 2.45) is 5.10 Å². The SMILES string of the molecule is CCN1c2cc(Cl)c(/C=N\NC(=O)c3cc4cccc(OC)c4o3)cc2C(C)CC1(C)C. The molecule has 0 fully saturated rings. The van der Waals surface area contributed by atoms with Crippen LogP contribution < -0.4 is 15.1 Å². The Kier molecular flexibility index (Phi) is 5.91. The summed E-state index contributed by atoms with van der Waals surface area (Å²) in [6, 6.07) is 11.2. The number of fused-ring (bicyclic) bond motifs is 2. The summed E-state index contributed by atoms with van der Waals surface area (Å²) in [5.74, 6) is 0.685. The summed E-state index contributed by atoms with van der Waals surface area (Å²) in [5.41, 5.74) is 6.30. The molecule has 3 aromatic rings. The number of hydrogen-bond donors (Lipinski definition) is 1. The average molecular weight is 454 g/mol. The Hall–Kier alpha value is -2.99. The summed E-state index contributed by atoms with van der Waals surface area (Å²) in [5, 5.41) is 5.50. The maximum absolute atomic E-state index is 12.5. The number of para-hydroxylation sites is 1. The van der Waals surface area contributed by atoms with E-state index >= 15 is 0 Å². The Labute approximate surface area is 193 Å². The number of hydrazone groups is 1. The summed E-state index contributed by atoms with van der Waals surface area (Å²) in [6.07, 6.45) is 2.63. The number of carbonyl (C=O) groups is 1. The lowest BCUT2D eigenvalue weighted by Gasteiger charge is -2.47. The molecule has 32 heavy (non-hydrogen) atoms. The van der Waals surface area contributed by atoms with Crippen LogP contribution in [0.3, 0.4) is 0 Å². The molecule has 1 atom stereocenters. The summed E-state index contributed by atoms with van der Waals surface area (Å²) in [6.45, 7) is 9.84. The highest BCUT2D eigenvalue weighted by Crippen LogP contribution is 2.44. The van der Waals surface area contributed by atoms with Crippen LogP contribution in [0.1, 0.15) is 61.7 Å². The van der Waals surface area contributed by atoms with Gasteiger partial charge in [-0.2, -0.15) is 5.10 Å². The number of carbonyl (C=O) groups excluding carboxylic acids is 1. The molecular weight excluding hydrogens is 426 g/mol. The number of amides is 1. The molecule has 0 saturated heterocycles. The van der Waals surface area contributed by atoms with Crippen LogP contribution in [0.25, 0.3) is 11.0 Å². The molecule has 1 amide bonds. The van der Waals surface area contributed by atoms with Gasteiger partial charge in [0, 0.05) is 28.7 Å². The van der Waals surface area contributed by atoms with E-state index in [1.54, 1.807) is 25.5 Å². The largest absolute Gasteiger partial charge is 0.493 e. The monoisotopic (exact) mass is 453 g/mol. The second-order valence-corrected chi connectivity index (χ2v) is 9.19. The van der Waals surface area contributed by atoms with Crippen molar-refractivity contribution in [3.8, 4) is 5.75 Å². The van der Waals surface area contributed by atoms with Gasteiger partial charge in [0.2, 0.25) is 0 Å². The van der Waals surface area contributed by atoms with Crippen LogP contribution in [0.5, 0.6) is 5.75 Å². The second-order valence-electron chi connectivity index (χ2n) is 8.78. The van der Waals surface area contributed by atoms with Gasteiger partial charge in [0.15, 0.2) is 17.1 Å². The first-order valence-electron chi connectivity index (χ1n) is 10.8. The zero-order chi connectivity index (χ0) is 23.0. The van der Waals surface area contributed by atoms with E-state index in [0.29, 0.717) is 22.3 Å². The zero-order valence-electron chi connectivity index (χ0n) is 19.0. The number of nitrogens with zero attached hydrogens (tertiary/aromatic N) is 2. The smallest absolute Gasteiger partial charge is 0.307 e. The zero-order valence-corrected chi connectivity index (χ0v) is 19.8. The van der Waals surface area contributed by atoms with Crippen LogP contribution in [-0.4, -0.2) is 31.3 Å². The van der Waals surface area contributed by atoms with Gasteiger partial charge in [-0.05, 0) is 62.9 Å². The van der Waals surface area contributed by atoms with E-state index in [9.17, 15) is 4.79 Å². The third-order valence-electron chi connectivity index (χ3n) is 6.14. The van der Waals surface area contributed by atoms with E-state index in [2.05, 4.69) is 49.2 Å². The first-order chi connectivity index (χ1) is 15.2. The van der Waals surface area contributed by atoms with Gasteiger partial charge in [0.05, 0.1) is 18.3 Å². The number of benzene rings is 2. The molecule has 6 nitrogen and oxygen atoms in total. The van der Waals surface area contributed by atoms with Crippen molar-refractivity contribution < 1.29 is 13.9 Å². The molecule has 1 aliphatic rings. The van der Waals surface area contributed by atoms with Crippen molar-refractivity contribution in [2.75, 3.05) is 18.6 Å². The molecule has 0 radical (unpaired) electrons. The van der Waals surface area contributed by atoms with Crippen LogP contribution in [0.2, 0.25) is 5.02 Å². The third kappa shape index (κ3) is 3.95. The molecule has 4 rings (SSSR count). The van der Waals surface area contributed by atoms with E-state index in [1.165, 1.54) is 11.3 Å². The van der Waals surface area contributed by atoms with Gasteiger partial charge in [-0.1, -0.05) is 30.7 Å². The lowest BCUT2D eigenvalue weighted by molar-refractivity contribution is 0.0929. The molecular formula is C25H28ClN3O3. The first kappa shape index (κ1) is 22.2. The average Bonchev–Trinajstić information content (AvgIpc) is 3.18. The Morgan fingerprint density at radius 3 is 2.88 bits per heavy atom. The maximum Gasteiger partial charge on any atom is 0.307 e. The third-order valence-corrected chi connectivity index (χ3v) is 6.47. The summed E-state index contributed by atoms with van der Waals surface area (Å²) >= 11 is 6.58. The predicted octanol–water partition coefficient (Wildman–Crippen LogP) is 5.97. The van der Waals surface area contributed by atoms with Gasteiger partial charge >= 0.3 is 5.91 Å². The maximum atomic E-state index is 12.5. The van der Waals surface area contributed by atoms with E-state index in [4.69, 9.17) is 20.8 Å². The van der Waals surface area contributed by atoms with Crippen molar-refractivity contribution in [3.63, 3.8) is 0 Å². The Morgan fingerprint density at radius 1 is 1.38 bits per heavy atom. The minimum atomic E-state index is -0.444. The van der Waals surface area contributed by atoms with E-state index in [-0.39, 0.29) is 11.3 Å². The molecule has 168 valence electrons. The second kappa shape index (κ2) is 8.51. The number of halogens is 1. The molecule has 2 aromatic carbocycles. The Morgan fingerprint density at radius 2 is 2.16 bits per heavy atom. The van der Waals surface area contributed by atoms with Gasteiger partial charge in [0.1, 0.15) is 0 Å².